The summed E-state index contributed by atoms with van der Waals surface area (Å²) in [5.41, 5.74) is 0.307. The Balaban J connectivity index is 2.17. The summed E-state index contributed by atoms with van der Waals surface area (Å²) in [6, 6.07) is 5.08. The molecule has 0 radical (unpaired) electrons. The summed E-state index contributed by atoms with van der Waals surface area (Å²) in [6.45, 7) is 6.87. The fraction of sp³-hybridized carbons (Fsp3) is 0.600. The van der Waals surface area contributed by atoms with Crippen LogP contribution in [-0.4, -0.2) is 40.8 Å². The fourth-order valence-corrected chi connectivity index (χ4v) is 4.11. The molecule has 2 aliphatic rings. The molecule has 1 amide bonds. The summed E-state index contributed by atoms with van der Waals surface area (Å²) in [5.74, 6) is 1.10. The van der Waals surface area contributed by atoms with Crippen molar-refractivity contribution < 1.29 is 19.4 Å². The van der Waals surface area contributed by atoms with Gasteiger partial charge in [0.1, 0.15) is 29.3 Å². The summed E-state index contributed by atoms with van der Waals surface area (Å²) in [4.78, 5) is 14.2. The highest BCUT2D eigenvalue weighted by Crippen LogP contribution is 2.48. The molecule has 6 nitrogen and oxygen atoms in total. The molecule has 2 heterocycles. The molecule has 3 rings (SSSR count). The van der Waals surface area contributed by atoms with E-state index >= 15 is 0 Å². The first-order valence-electron chi connectivity index (χ1n) is 9.38. The number of ether oxygens (including phenoxy) is 2. The maximum Gasteiger partial charge on any atom is 0.223 e. The largest absolute Gasteiger partial charge is 0.492 e. The molecule has 0 spiro atoms. The van der Waals surface area contributed by atoms with Gasteiger partial charge in [0.25, 0.3) is 0 Å². The zero-order valence-corrected chi connectivity index (χ0v) is 15.6. The third-order valence-electron chi connectivity index (χ3n) is 5.64. The smallest absolute Gasteiger partial charge is 0.223 e. The average Bonchev–Trinajstić information content (AvgIpc) is 3.07. The lowest BCUT2D eigenvalue weighted by Gasteiger charge is -2.48. The van der Waals surface area contributed by atoms with Crippen LogP contribution in [0.1, 0.15) is 63.6 Å². The first-order chi connectivity index (χ1) is 12.5. The van der Waals surface area contributed by atoms with E-state index in [4.69, 9.17) is 9.47 Å². The van der Waals surface area contributed by atoms with Crippen molar-refractivity contribution in [1.29, 1.82) is 5.26 Å². The quantitative estimate of drug-likeness (QED) is 0.875. The molecule has 1 fully saturated rings. The van der Waals surface area contributed by atoms with Crippen molar-refractivity contribution >= 4 is 5.91 Å². The van der Waals surface area contributed by atoms with Crippen LogP contribution in [0.2, 0.25) is 0 Å². The maximum atomic E-state index is 12.4. The molecule has 6 heteroatoms. The highest BCUT2D eigenvalue weighted by Gasteiger charge is 2.51. The number of aliphatic hydroxyl groups is 1. The molecule has 2 aliphatic heterocycles. The van der Waals surface area contributed by atoms with Crippen LogP contribution in [0, 0.1) is 11.3 Å². The van der Waals surface area contributed by atoms with Crippen LogP contribution in [0.15, 0.2) is 12.1 Å². The van der Waals surface area contributed by atoms with Gasteiger partial charge in [-0.05, 0) is 32.3 Å². The third kappa shape index (κ3) is 2.80. The van der Waals surface area contributed by atoms with Gasteiger partial charge in [-0.1, -0.05) is 13.8 Å². The van der Waals surface area contributed by atoms with Gasteiger partial charge >= 0.3 is 0 Å². The predicted octanol–water partition coefficient (Wildman–Crippen LogP) is 2.93. The van der Waals surface area contributed by atoms with Gasteiger partial charge in [0, 0.05) is 24.6 Å². The Morgan fingerprint density at radius 2 is 2.12 bits per heavy atom. The molecule has 140 valence electrons. The van der Waals surface area contributed by atoms with E-state index in [1.807, 2.05) is 20.8 Å². The van der Waals surface area contributed by atoms with Crippen LogP contribution >= 0.6 is 0 Å². The molecule has 26 heavy (non-hydrogen) atoms. The number of benzene rings is 1. The molecule has 0 bridgehead atoms. The molecule has 0 aliphatic carbocycles. The molecule has 0 saturated carbocycles. The predicted molar refractivity (Wildman–Crippen MR) is 96.0 cm³/mol. The Labute approximate surface area is 154 Å². The molecule has 1 aromatic carbocycles. The maximum absolute atomic E-state index is 12.4. The van der Waals surface area contributed by atoms with Gasteiger partial charge in [-0.25, -0.2) is 0 Å². The Bertz CT molecular complexity index is 736. The Kier molecular flexibility index (Phi) is 5.10. The Morgan fingerprint density at radius 3 is 2.65 bits per heavy atom. The number of rotatable bonds is 5. The zero-order valence-electron chi connectivity index (χ0n) is 15.6. The van der Waals surface area contributed by atoms with Crippen LogP contribution in [0.4, 0.5) is 0 Å². The number of likely N-dealkylation sites (tertiary alicyclic amines) is 1. The van der Waals surface area contributed by atoms with E-state index in [1.165, 1.54) is 0 Å². The van der Waals surface area contributed by atoms with E-state index < -0.39 is 17.7 Å². The monoisotopic (exact) mass is 358 g/mol. The normalized spacial score (nSPS) is 24.0. The number of nitrogens with zero attached hydrogens (tertiary/aromatic N) is 2. The zero-order chi connectivity index (χ0) is 18.9. The van der Waals surface area contributed by atoms with Crippen molar-refractivity contribution in [2.24, 2.45) is 0 Å². The SMILES string of the molecule is CCOc1cc2c(cc1C#N)[C@H](N1CCCC1=O)[C@@H](O)C(CC)(CC)O2. The highest BCUT2D eigenvalue weighted by atomic mass is 16.5. The summed E-state index contributed by atoms with van der Waals surface area (Å²) < 4.78 is 11.9. The van der Waals surface area contributed by atoms with Crippen molar-refractivity contribution in [2.75, 3.05) is 13.2 Å². The van der Waals surface area contributed by atoms with Gasteiger partial charge in [0.05, 0.1) is 18.2 Å². The number of nitriles is 1. The van der Waals surface area contributed by atoms with Gasteiger partial charge in [-0.2, -0.15) is 5.26 Å². The number of amides is 1. The topological polar surface area (TPSA) is 82.8 Å². The molecule has 1 N–H and O–H groups in total. The summed E-state index contributed by atoms with van der Waals surface area (Å²) in [6.07, 6.45) is 1.66. The molecule has 1 aromatic rings. The van der Waals surface area contributed by atoms with Gasteiger partial charge in [-0.3, -0.25) is 4.79 Å². The van der Waals surface area contributed by atoms with Crippen LogP contribution < -0.4 is 9.47 Å². The fourth-order valence-electron chi connectivity index (χ4n) is 4.11. The standard InChI is InChI=1S/C20H26N2O4/c1-4-20(5-2)19(24)18(22-9-7-8-17(22)23)14-10-13(12-21)15(25-6-3)11-16(14)26-20/h10-11,18-19,24H,4-9H2,1-3H3/t18-,19+/m0/s1. The average molecular weight is 358 g/mol. The van der Waals surface area contributed by atoms with Crippen molar-refractivity contribution in [3.8, 4) is 17.6 Å². The minimum Gasteiger partial charge on any atom is -0.492 e. The number of hydrogen-bond acceptors (Lipinski definition) is 5. The number of fused-ring (bicyclic) bond motifs is 1. The summed E-state index contributed by atoms with van der Waals surface area (Å²) in [7, 11) is 0. The van der Waals surface area contributed by atoms with Crippen molar-refractivity contribution in [2.45, 2.75) is 64.2 Å². The summed E-state index contributed by atoms with van der Waals surface area (Å²) >= 11 is 0. The molecular formula is C20H26N2O4. The van der Waals surface area contributed by atoms with E-state index in [0.717, 1.165) is 6.42 Å². The van der Waals surface area contributed by atoms with Gasteiger partial charge in [0.2, 0.25) is 5.91 Å². The number of carbonyl (C=O) groups is 1. The molecule has 0 unspecified atom stereocenters. The van der Waals surface area contributed by atoms with Gasteiger partial charge < -0.3 is 19.5 Å². The van der Waals surface area contributed by atoms with Crippen LogP contribution in [0.3, 0.4) is 0 Å². The van der Waals surface area contributed by atoms with E-state index in [0.29, 0.717) is 55.0 Å². The lowest BCUT2D eigenvalue weighted by molar-refractivity contribution is -0.144. The highest BCUT2D eigenvalue weighted by molar-refractivity contribution is 5.79. The van der Waals surface area contributed by atoms with Gasteiger partial charge in [0.15, 0.2) is 0 Å². The molecule has 2 atom stereocenters. The minimum atomic E-state index is -0.850. The Morgan fingerprint density at radius 1 is 1.38 bits per heavy atom. The van der Waals surface area contributed by atoms with E-state index in [-0.39, 0.29) is 5.91 Å². The second kappa shape index (κ2) is 7.16. The number of aliphatic hydroxyl groups excluding tert-OH is 1. The van der Waals surface area contributed by atoms with Crippen LogP contribution in [0.25, 0.3) is 0 Å². The van der Waals surface area contributed by atoms with Crippen LogP contribution in [0.5, 0.6) is 11.5 Å². The first kappa shape index (κ1) is 18.5. The first-order valence-corrected chi connectivity index (χ1v) is 9.38. The number of carbonyl (C=O) groups excluding carboxylic acids is 1. The van der Waals surface area contributed by atoms with E-state index in [9.17, 15) is 15.2 Å². The Hall–Kier alpha value is -2.26. The van der Waals surface area contributed by atoms with Crippen molar-refractivity contribution in [1.82, 2.24) is 4.90 Å². The van der Waals surface area contributed by atoms with E-state index in [2.05, 4.69) is 6.07 Å². The van der Waals surface area contributed by atoms with Crippen LogP contribution in [-0.2, 0) is 4.79 Å². The minimum absolute atomic E-state index is 0.0374. The third-order valence-corrected chi connectivity index (χ3v) is 5.64. The second-order valence-corrected chi connectivity index (χ2v) is 6.89. The molecular weight excluding hydrogens is 332 g/mol. The van der Waals surface area contributed by atoms with Crippen molar-refractivity contribution in [3.05, 3.63) is 23.3 Å². The second-order valence-electron chi connectivity index (χ2n) is 6.89. The van der Waals surface area contributed by atoms with Gasteiger partial charge in [-0.15, -0.1) is 0 Å². The lowest BCUT2D eigenvalue weighted by Crippen LogP contribution is -2.56. The number of hydrogen-bond donors (Lipinski definition) is 1. The molecule has 1 saturated heterocycles. The van der Waals surface area contributed by atoms with E-state index in [1.54, 1.807) is 17.0 Å². The van der Waals surface area contributed by atoms with Crippen molar-refractivity contribution in [3.63, 3.8) is 0 Å². The molecule has 0 aromatic heterocycles. The summed E-state index contributed by atoms with van der Waals surface area (Å²) in [5, 5.41) is 20.7. The lowest BCUT2D eigenvalue weighted by atomic mass is 9.79.